The molecule has 0 saturated heterocycles. The molecule has 0 spiro atoms. The van der Waals surface area contributed by atoms with Gasteiger partial charge in [-0.1, -0.05) is 38.1 Å². The molecule has 4 aromatic rings. The van der Waals surface area contributed by atoms with Crippen LogP contribution < -0.4 is 15.4 Å². The third-order valence-electron chi connectivity index (χ3n) is 6.03. The van der Waals surface area contributed by atoms with E-state index in [1.807, 2.05) is 25.1 Å². The Hall–Kier alpha value is -4.40. The van der Waals surface area contributed by atoms with Gasteiger partial charge in [0.1, 0.15) is 18.1 Å². The number of carbonyl (C=O) groups excluding carboxylic acids is 2. The lowest BCUT2D eigenvalue weighted by molar-refractivity contribution is 0.101. The summed E-state index contributed by atoms with van der Waals surface area (Å²) in [6, 6.07) is 15.2. The van der Waals surface area contributed by atoms with E-state index in [9.17, 15) is 9.59 Å². The number of hydrogen-bond acceptors (Lipinski definition) is 5. The summed E-state index contributed by atoms with van der Waals surface area (Å²) in [5, 5.41) is 13.9. The molecule has 2 aromatic carbocycles. The van der Waals surface area contributed by atoms with Crippen LogP contribution in [0.25, 0.3) is 0 Å². The molecule has 2 N–H and O–H groups in total. The fourth-order valence-electron chi connectivity index (χ4n) is 3.71. The van der Waals surface area contributed by atoms with Crippen LogP contribution in [0.1, 0.15) is 57.4 Å². The van der Waals surface area contributed by atoms with Crippen LogP contribution in [0.2, 0.25) is 0 Å². The Morgan fingerprint density at radius 3 is 2.25 bits per heavy atom. The average Bonchev–Trinajstić information content (AvgIpc) is 3.39. The first-order valence-electron chi connectivity index (χ1n) is 11.7. The van der Waals surface area contributed by atoms with Gasteiger partial charge in [0, 0.05) is 19.7 Å². The normalized spacial score (nSPS) is 10.9. The minimum Gasteiger partial charge on any atom is -0.489 e. The van der Waals surface area contributed by atoms with Crippen LogP contribution in [0, 0.1) is 6.92 Å². The predicted octanol–water partition coefficient (Wildman–Crippen LogP) is 4.67. The van der Waals surface area contributed by atoms with Gasteiger partial charge in [0.05, 0.1) is 29.5 Å². The van der Waals surface area contributed by atoms with Crippen molar-refractivity contribution in [3.8, 4) is 5.75 Å². The van der Waals surface area contributed by atoms with E-state index in [1.54, 1.807) is 43.2 Å². The van der Waals surface area contributed by atoms with Gasteiger partial charge in [0.2, 0.25) is 0 Å². The van der Waals surface area contributed by atoms with Crippen LogP contribution >= 0.6 is 0 Å². The van der Waals surface area contributed by atoms with Crippen LogP contribution in [0.5, 0.6) is 5.75 Å². The predicted molar refractivity (Wildman–Crippen MR) is 138 cm³/mol. The van der Waals surface area contributed by atoms with Gasteiger partial charge in [-0.25, -0.2) is 0 Å². The largest absolute Gasteiger partial charge is 0.489 e. The molecule has 36 heavy (non-hydrogen) atoms. The molecule has 9 nitrogen and oxygen atoms in total. The molecular formula is C27H30N6O3. The van der Waals surface area contributed by atoms with E-state index in [2.05, 4.69) is 46.8 Å². The Labute approximate surface area is 210 Å². The van der Waals surface area contributed by atoms with E-state index < -0.39 is 5.91 Å². The van der Waals surface area contributed by atoms with Gasteiger partial charge < -0.3 is 15.4 Å². The molecule has 2 amide bonds. The number of anilines is 2. The number of benzene rings is 2. The SMILES string of the molecule is Cc1c(NC(=O)c2c(NC(=O)c3cccc(COc4ccc(C(C)C)cc4)c3)cnn2C)cnn1C. The summed E-state index contributed by atoms with van der Waals surface area (Å²) in [6.45, 7) is 6.48. The maximum absolute atomic E-state index is 13.0. The van der Waals surface area contributed by atoms with Crippen molar-refractivity contribution in [1.82, 2.24) is 19.6 Å². The minimum atomic E-state index is -0.396. The van der Waals surface area contributed by atoms with Crippen molar-refractivity contribution >= 4 is 23.2 Å². The quantitative estimate of drug-likeness (QED) is 0.377. The van der Waals surface area contributed by atoms with Crippen molar-refractivity contribution < 1.29 is 14.3 Å². The van der Waals surface area contributed by atoms with E-state index in [-0.39, 0.29) is 11.6 Å². The van der Waals surface area contributed by atoms with Crippen LogP contribution in [0.3, 0.4) is 0 Å². The summed E-state index contributed by atoms with van der Waals surface area (Å²) in [6.07, 6.45) is 3.03. The Balaban J connectivity index is 1.43. The second kappa shape index (κ2) is 10.5. The van der Waals surface area contributed by atoms with Crippen molar-refractivity contribution in [1.29, 1.82) is 0 Å². The highest BCUT2D eigenvalue weighted by Gasteiger charge is 2.21. The van der Waals surface area contributed by atoms with E-state index in [1.165, 1.54) is 16.4 Å². The molecular weight excluding hydrogens is 456 g/mol. The number of nitrogens with one attached hydrogen (secondary N) is 2. The molecule has 0 aliphatic heterocycles. The number of rotatable bonds is 8. The van der Waals surface area contributed by atoms with Gasteiger partial charge in [0.25, 0.3) is 11.8 Å². The van der Waals surface area contributed by atoms with Gasteiger partial charge >= 0.3 is 0 Å². The van der Waals surface area contributed by atoms with Crippen molar-refractivity contribution in [2.45, 2.75) is 33.3 Å². The number of nitrogens with zero attached hydrogens (tertiary/aromatic N) is 4. The molecule has 186 valence electrons. The second-order valence-corrected chi connectivity index (χ2v) is 8.92. The first-order valence-corrected chi connectivity index (χ1v) is 11.7. The molecule has 0 atom stereocenters. The highest BCUT2D eigenvalue weighted by atomic mass is 16.5. The summed E-state index contributed by atoms with van der Waals surface area (Å²) in [5.41, 5.74) is 4.50. The highest BCUT2D eigenvalue weighted by molar-refractivity contribution is 6.11. The first-order chi connectivity index (χ1) is 17.2. The maximum atomic E-state index is 13.0. The van der Waals surface area contributed by atoms with Crippen LogP contribution in [-0.2, 0) is 20.7 Å². The number of amides is 2. The summed E-state index contributed by atoms with van der Waals surface area (Å²) >= 11 is 0. The lowest BCUT2D eigenvalue weighted by atomic mass is 10.0. The summed E-state index contributed by atoms with van der Waals surface area (Å²) in [4.78, 5) is 26.0. The zero-order chi connectivity index (χ0) is 25.8. The second-order valence-electron chi connectivity index (χ2n) is 8.92. The van der Waals surface area contributed by atoms with Gasteiger partial charge in [-0.15, -0.1) is 0 Å². The zero-order valence-electron chi connectivity index (χ0n) is 21.1. The van der Waals surface area contributed by atoms with Gasteiger partial charge in [-0.05, 0) is 48.2 Å². The highest BCUT2D eigenvalue weighted by Crippen LogP contribution is 2.21. The molecule has 0 fully saturated rings. The zero-order valence-corrected chi connectivity index (χ0v) is 21.1. The topological polar surface area (TPSA) is 103 Å². The third kappa shape index (κ3) is 5.46. The fourth-order valence-corrected chi connectivity index (χ4v) is 3.71. The lowest BCUT2D eigenvalue weighted by Gasteiger charge is -2.11. The molecule has 2 aromatic heterocycles. The van der Waals surface area contributed by atoms with E-state index in [4.69, 9.17) is 4.74 Å². The van der Waals surface area contributed by atoms with E-state index in [0.717, 1.165) is 17.0 Å². The van der Waals surface area contributed by atoms with Gasteiger partial charge in [-0.2, -0.15) is 10.2 Å². The van der Waals surface area contributed by atoms with Crippen molar-refractivity contribution in [3.05, 3.63) is 89.0 Å². The summed E-state index contributed by atoms with van der Waals surface area (Å²) in [7, 11) is 3.44. The smallest absolute Gasteiger partial charge is 0.276 e. The van der Waals surface area contributed by atoms with Crippen LogP contribution in [0.4, 0.5) is 11.4 Å². The molecule has 0 bridgehead atoms. The fraction of sp³-hybridized carbons (Fsp3) is 0.259. The standard InChI is InChI=1S/C27H30N6O3/c1-17(2)20-9-11-22(12-10-20)36-16-19-7-6-8-21(13-19)26(34)31-24-15-29-33(5)25(24)27(35)30-23-14-28-32(4)18(23)3/h6-15,17H,16H2,1-5H3,(H,30,35)(H,31,34). The molecule has 0 unspecified atom stereocenters. The van der Waals surface area contributed by atoms with Gasteiger partial charge in [0.15, 0.2) is 0 Å². The average molecular weight is 487 g/mol. The number of aryl methyl sites for hydroxylation is 2. The summed E-state index contributed by atoms with van der Waals surface area (Å²) in [5.74, 6) is 0.481. The van der Waals surface area contributed by atoms with E-state index >= 15 is 0 Å². The molecule has 0 aliphatic rings. The molecule has 0 saturated carbocycles. The number of hydrogen-bond donors (Lipinski definition) is 2. The Kier molecular flexibility index (Phi) is 7.19. The van der Waals surface area contributed by atoms with Crippen molar-refractivity contribution in [2.24, 2.45) is 14.1 Å². The van der Waals surface area contributed by atoms with E-state index in [0.29, 0.717) is 29.5 Å². The number of aromatic nitrogens is 4. The monoisotopic (exact) mass is 486 g/mol. The summed E-state index contributed by atoms with van der Waals surface area (Å²) < 4.78 is 8.98. The molecule has 9 heteroatoms. The number of carbonyl (C=O) groups is 2. The third-order valence-corrected chi connectivity index (χ3v) is 6.03. The van der Waals surface area contributed by atoms with Crippen LogP contribution in [-0.4, -0.2) is 31.4 Å². The van der Waals surface area contributed by atoms with Crippen molar-refractivity contribution in [2.75, 3.05) is 10.6 Å². The molecule has 2 heterocycles. The maximum Gasteiger partial charge on any atom is 0.276 e. The first kappa shape index (κ1) is 24.7. The Bertz CT molecular complexity index is 1390. The molecule has 4 rings (SSSR count). The number of ether oxygens (including phenoxy) is 1. The Morgan fingerprint density at radius 1 is 0.917 bits per heavy atom. The van der Waals surface area contributed by atoms with Crippen LogP contribution in [0.15, 0.2) is 60.9 Å². The van der Waals surface area contributed by atoms with Crippen molar-refractivity contribution in [3.63, 3.8) is 0 Å². The minimum absolute atomic E-state index is 0.232. The lowest BCUT2D eigenvalue weighted by Crippen LogP contribution is -2.20. The molecule has 0 radical (unpaired) electrons. The molecule has 0 aliphatic carbocycles. The Morgan fingerprint density at radius 2 is 1.58 bits per heavy atom. The van der Waals surface area contributed by atoms with Gasteiger partial charge in [-0.3, -0.25) is 19.0 Å².